The van der Waals surface area contributed by atoms with Gasteiger partial charge in [0.15, 0.2) is 5.65 Å². The number of aromatic nitrogens is 5. The molecule has 0 unspecified atom stereocenters. The Labute approximate surface area is 190 Å². The molecule has 0 aliphatic heterocycles. The van der Waals surface area contributed by atoms with Gasteiger partial charge in [0.1, 0.15) is 11.6 Å². The Balaban J connectivity index is 1.68. The molecule has 1 amide bonds. The van der Waals surface area contributed by atoms with Crippen LogP contribution in [0.25, 0.3) is 11.0 Å². The Kier molecular flexibility index (Phi) is 6.17. The molecule has 0 atom stereocenters. The number of carbonyl (C=O) groups excluding carboxylic acids is 1. The molecule has 4 rings (SSSR count). The van der Waals surface area contributed by atoms with Crippen LogP contribution in [0.1, 0.15) is 21.7 Å². The predicted octanol–water partition coefficient (Wildman–Crippen LogP) is 3.15. The first kappa shape index (κ1) is 21.5. The molecule has 0 bridgehead atoms. The fraction of sp³-hybridized carbons (Fsp3) is 0.143. The fourth-order valence-electron chi connectivity index (χ4n) is 3.00. The molecule has 4 aromatic heterocycles. The van der Waals surface area contributed by atoms with Crippen LogP contribution in [0.3, 0.4) is 0 Å². The molecule has 9 nitrogen and oxygen atoms in total. The van der Waals surface area contributed by atoms with E-state index in [-0.39, 0.29) is 24.7 Å². The second kappa shape index (κ2) is 9.18. The summed E-state index contributed by atoms with van der Waals surface area (Å²) in [5, 5.41) is 8.63. The summed E-state index contributed by atoms with van der Waals surface area (Å²) in [4.78, 5) is 27.3. The third-order valence-corrected chi connectivity index (χ3v) is 5.25. The van der Waals surface area contributed by atoms with E-state index >= 15 is 0 Å². The fourth-order valence-corrected chi connectivity index (χ4v) is 3.34. The van der Waals surface area contributed by atoms with Crippen LogP contribution in [-0.4, -0.2) is 43.1 Å². The van der Waals surface area contributed by atoms with Gasteiger partial charge >= 0.3 is 0 Å². The first-order valence-corrected chi connectivity index (χ1v) is 10.2. The highest BCUT2D eigenvalue weighted by Gasteiger charge is 2.21. The number of amides is 1. The number of halogens is 2. The summed E-state index contributed by atoms with van der Waals surface area (Å²) in [6, 6.07) is 9.50. The summed E-state index contributed by atoms with van der Waals surface area (Å²) in [6.45, 7) is 0.00843. The normalized spacial score (nSPS) is 10.8. The van der Waals surface area contributed by atoms with Crippen LogP contribution in [0.4, 0.5) is 10.2 Å². The standard InChI is InChI=1S/C21H17BrFN7O2/c1-32-18-5-4-14(28-29-18)10-30(11-17-16(23)3-2-6-25-17)21(31)13-7-12-8-15(22)19(24)27-20(12)26-9-13/h2-9H,10-11H2,1H3,(H2,24,26,27). The number of hydrogen-bond donors (Lipinski definition) is 1. The van der Waals surface area contributed by atoms with Gasteiger partial charge in [-0.2, -0.15) is 5.10 Å². The lowest BCUT2D eigenvalue weighted by Gasteiger charge is -2.22. The first-order valence-electron chi connectivity index (χ1n) is 9.41. The summed E-state index contributed by atoms with van der Waals surface area (Å²) < 4.78 is 19.9. The molecule has 0 spiro atoms. The Morgan fingerprint density at radius 1 is 1.19 bits per heavy atom. The van der Waals surface area contributed by atoms with Crippen molar-refractivity contribution in [2.75, 3.05) is 12.8 Å². The lowest BCUT2D eigenvalue weighted by molar-refractivity contribution is 0.0723. The SMILES string of the molecule is COc1ccc(CN(Cc2ncccc2F)C(=O)c2cnc3nc(N)c(Br)cc3c2)nn1. The molecule has 0 saturated carbocycles. The maximum absolute atomic E-state index is 14.3. The summed E-state index contributed by atoms with van der Waals surface area (Å²) >= 11 is 3.33. The molecule has 4 aromatic rings. The Hall–Kier alpha value is -3.73. The Bertz CT molecular complexity index is 1290. The van der Waals surface area contributed by atoms with Crippen molar-refractivity contribution < 1.29 is 13.9 Å². The van der Waals surface area contributed by atoms with Crippen LogP contribution in [0.5, 0.6) is 5.88 Å². The number of ether oxygens (including phenoxy) is 1. The van der Waals surface area contributed by atoms with Gasteiger partial charge in [-0.05, 0) is 46.3 Å². The van der Waals surface area contributed by atoms with E-state index in [0.717, 1.165) is 0 Å². The van der Waals surface area contributed by atoms with Gasteiger partial charge in [0, 0.05) is 23.8 Å². The van der Waals surface area contributed by atoms with Crippen LogP contribution in [0.15, 0.2) is 53.3 Å². The summed E-state index contributed by atoms with van der Waals surface area (Å²) in [7, 11) is 1.48. The molecule has 11 heteroatoms. The summed E-state index contributed by atoms with van der Waals surface area (Å²) in [6.07, 6.45) is 2.88. The van der Waals surface area contributed by atoms with Crippen LogP contribution in [0, 0.1) is 5.82 Å². The first-order chi connectivity index (χ1) is 15.4. The number of nitrogens with zero attached hydrogens (tertiary/aromatic N) is 6. The summed E-state index contributed by atoms with van der Waals surface area (Å²) in [5.74, 6) is -0.241. The van der Waals surface area contributed by atoms with Gasteiger partial charge < -0.3 is 15.4 Å². The highest BCUT2D eigenvalue weighted by atomic mass is 79.9. The second-order valence-corrected chi connectivity index (χ2v) is 7.64. The zero-order valence-corrected chi connectivity index (χ0v) is 18.5. The molecule has 0 aromatic carbocycles. The number of fused-ring (bicyclic) bond motifs is 1. The minimum absolute atomic E-state index is 0.0685. The molecule has 0 aliphatic carbocycles. The van der Waals surface area contributed by atoms with Gasteiger partial charge in [-0.3, -0.25) is 9.78 Å². The van der Waals surface area contributed by atoms with E-state index in [1.807, 2.05) is 0 Å². The maximum Gasteiger partial charge on any atom is 0.256 e. The zero-order valence-electron chi connectivity index (χ0n) is 16.9. The van der Waals surface area contributed by atoms with Gasteiger partial charge in [-0.15, -0.1) is 5.10 Å². The lowest BCUT2D eigenvalue weighted by atomic mass is 10.1. The molecule has 162 valence electrons. The van der Waals surface area contributed by atoms with Crippen molar-refractivity contribution >= 4 is 38.7 Å². The average molecular weight is 498 g/mol. The minimum atomic E-state index is -0.508. The van der Waals surface area contributed by atoms with E-state index in [9.17, 15) is 9.18 Å². The molecule has 0 saturated heterocycles. The highest BCUT2D eigenvalue weighted by molar-refractivity contribution is 9.10. The van der Waals surface area contributed by atoms with Crippen LogP contribution < -0.4 is 10.5 Å². The van der Waals surface area contributed by atoms with Crippen molar-refractivity contribution in [1.29, 1.82) is 0 Å². The minimum Gasteiger partial charge on any atom is -0.480 e. The van der Waals surface area contributed by atoms with E-state index in [2.05, 4.69) is 41.1 Å². The quantitative estimate of drug-likeness (QED) is 0.431. The van der Waals surface area contributed by atoms with Crippen molar-refractivity contribution in [3.05, 3.63) is 76.0 Å². The van der Waals surface area contributed by atoms with Crippen molar-refractivity contribution in [2.45, 2.75) is 13.1 Å². The predicted molar refractivity (Wildman–Crippen MR) is 118 cm³/mol. The Morgan fingerprint density at radius 2 is 2.03 bits per heavy atom. The molecule has 0 fully saturated rings. The van der Waals surface area contributed by atoms with Crippen LogP contribution in [0.2, 0.25) is 0 Å². The van der Waals surface area contributed by atoms with Crippen molar-refractivity contribution in [3.8, 4) is 5.88 Å². The number of hydrogen-bond acceptors (Lipinski definition) is 8. The smallest absolute Gasteiger partial charge is 0.256 e. The van der Waals surface area contributed by atoms with E-state index in [4.69, 9.17) is 10.5 Å². The van der Waals surface area contributed by atoms with Gasteiger partial charge in [0.05, 0.1) is 41.6 Å². The highest BCUT2D eigenvalue weighted by Crippen LogP contribution is 2.23. The van der Waals surface area contributed by atoms with E-state index in [0.29, 0.717) is 38.5 Å². The topological polar surface area (TPSA) is 120 Å². The van der Waals surface area contributed by atoms with E-state index in [1.54, 1.807) is 24.3 Å². The van der Waals surface area contributed by atoms with E-state index in [1.165, 1.54) is 36.5 Å². The second-order valence-electron chi connectivity index (χ2n) is 6.79. The average Bonchev–Trinajstić information content (AvgIpc) is 2.80. The van der Waals surface area contributed by atoms with Crippen molar-refractivity contribution in [2.24, 2.45) is 0 Å². The number of pyridine rings is 3. The number of methoxy groups -OCH3 is 1. The summed E-state index contributed by atoms with van der Waals surface area (Å²) in [5.41, 5.74) is 7.14. The van der Waals surface area contributed by atoms with Gasteiger partial charge in [-0.1, -0.05) is 0 Å². The van der Waals surface area contributed by atoms with Crippen molar-refractivity contribution in [3.63, 3.8) is 0 Å². The van der Waals surface area contributed by atoms with E-state index < -0.39 is 5.82 Å². The molecule has 32 heavy (non-hydrogen) atoms. The van der Waals surface area contributed by atoms with Gasteiger partial charge in [-0.25, -0.2) is 14.4 Å². The number of rotatable bonds is 6. The third kappa shape index (κ3) is 4.62. The molecule has 0 aliphatic rings. The number of carbonyl (C=O) groups is 1. The lowest BCUT2D eigenvalue weighted by Crippen LogP contribution is -2.31. The van der Waals surface area contributed by atoms with Crippen LogP contribution in [-0.2, 0) is 13.1 Å². The van der Waals surface area contributed by atoms with Crippen molar-refractivity contribution in [1.82, 2.24) is 30.0 Å². The molecular weight excluding hydrogens is 481 g/mol. The Morgan fingerprint density at radius 3 is 2.75 bits per heavy atom. The molecule has 4 heterocycles. The largest absolute Gasteiger partial charge is 0.480 e. The number of nitrogen functional groups attached to an aromatic ring is 1. The van der Waals surface area contributed by atoms with Gasteiger partial charge in [0.2, 0.25) is 5.88 Å². The monoisotopic (exact) mass is 497 g/mol. The number of anilines is 1. The molecule has 2 N–H and O–H groups in total. The zero-order chi connectivity index (χ0) is 22.7. The third-order valence-electron chi connectivity index (χ3n) is 4.62. The van der Waals surface area contributed by atoms with Crippen LogP contribution >= 0.6 is 15.9 Å². The maximum atomic E-state index is 14.3. The van der Waals surface area contributed by atoms with Gasteiger partial charge in [0.25, 0.3) is 5.91 Å². The number of nitrogens with two attached hydrogens (primary N) is 1. The molecular formula is C21H17BrFN7O2. The molecule has 0 radical (unpaired) electrons.